The monoisotopic (exact) mass is 373 g/mol. The summed E-state index contributed by atoms with van der Waals surface area (Å²) < 4.78 is 33.1. The molecule has 7 nitrogen and oxygen atoms in total. The van der Waals surface area contributed by atoms with Gasteiger partial charge in [0.05, 0.1) is 23.4 Å². The van der Waals surface area contributed by atoms with Gasteiger partial charge in [0.2, 0.25) is 15.9 Å². The molecule has 2 aliphatic heterocycles. The summed E-state index contributed by atoms with van der Waals surface area (Å²) in [6.07, 6.45) is 5.32. The molecule has 8 heteroatoms. The molecule has 0 spiro atoms. The Balaban J connectivity index is 1.49. The van der Waals surface area contributed by atoms with Crippen LogP contribution in [0.3, 0.4) is 0 Å². The van der Waals surface area contributed by atoms with Crippen molar-refractivity contribution >= 4 is 21.6 Å². The second kappa shape index (κ2) is 6.69. The predicted octanol–water partition coefficient (Wildman–Crippen LogP) is 1.62. The third-order valence-corrected chi connectivity index (χ3v) is 6.00. The van der Waals surface area contributed by atoms with E-state index in [4.69, 9.17) is 4.74 Å². The molecule has 0 atom stereocenters. The van der Waals surface area contributed by atoms with Crippen molar-refractivity contribution in [3.63, 3.8) is 0 Å². The summed E-state index contributed by atoms with van der Waals surface area (Å²) in [5.41, 5.74) is 2.32. The highest BCUT2D eigenvalue weighted by Crippen LogP contribution is 2.27. The summed E-state index contributed by atoms with van der Waals surface area (Å²) in [6, 6.07) is 6.69. The molecule has 2 aromatic rings. The summed E-state index contributed by atoms with van der Waals surface area (Å²) in [7, 11) is -3.64. The second-order valence-corrected chi connectivity index (χ2v) is 8.16. The minimum Gasteiger partial charge on any atom is -0.493 e. The first-order valence-corrected chi connectivity index (χ1v) is 10.0. The number of aromatic nitrogens is 1. The highest BCUT2D eigenvalue weighted by molar-refractivity contribution is 7.89. The lowest BCUT2D eigenvalue weighted by atomic mass is 10.2. The van der Waals surface area contributed by atoms with Crippen LogP contribution >= 0.6 is 0 Å². The summed E-state index contributed by atoms with van der Waals surface area (Å²) >= 11 is 0. The molecule has 1 aromatic carbocycles. The van der Waals surface area contributed by atoms with Crippen molar-refractivity contribution in [3.8, 4) is 5.75 Å². The fourth-order valence-corrected chi connectivity index (χ4v) is 4.30. The summed E-state index contributed by atoms with van der Waals surface area (Å²) in [4.78, 5) is 17.9. The van der Waals surface area contributed by atoms with E-state index in [1.807, 2.05) is 0 Å². The van der Waals surface area contributed by atoms with E-state index < -0.39 is 10.0 Å². The van der Waals surface area contributed by atoms with Crippen molar-refractivity contribution < 1.29 is 17.9 Å². The van der Waals surface area contributed by atoms with Crippen LogP contribution in [0.25, 0.3) is 0 Å². The lowest BCUT2D eigenvalue weighted by molar-refractivity contribution is -0.117. The standard InChI is InChI=1S/C18H19N3O4S/c22-18-2-1-6-21(18)15-8-13(10-19-12-15)11-20-26(23,24)16-3-4-17-14(9-16)5-7-25-17/h3-4,8-10,12,20H,1-2,5-7,11H2. The number of rotatable bonds is 5. The second-order valence-electron chi connectivity index (χ2n) is 6.39. The van der Waals surface area contributed by atoms with Crippen LogP contribution in [0.4, 0.5) is 5.69 Å². The Kier molecular flexibility index (Phi) is 4.37. The van der Waals surface area contributed by atoms with Gasteiger partial charge in [-0.1, -0.05) is 0 Å². The molecule has 0 unspecified atom stereocenters. The maximum absolute atomic E-state index is 12.6. The van der Waals surface area contributed by atoms with Crippen LogP contribution in [-0.4, -0.2) is 32.5 Å². The molecule has 1 saturated heterocycles. The van der Waals surface area contributed by atoms with E-state index in [2.05, 4.69) is 9.71 Å². The van der Waals surface area contributed by atoms with Gasteiger partial charge in [-0.05, 0) is 41.8 Å². The maximum Gasteiger partial charge on any atom is 0.240 e. The topological polar surface area (TPSA) is 88.6 Å². The molecule has 1 fully saturated rings. The largest absolute Gasteiger partial charge is 0.493 e. The number of hydrogen-bond donors (Lipinski definition) is 1. The van der Waals surface area contributed by atoms with Crippen LogP contribution in [0.2, 0.25) is 0 Å². The average molecular weight is 373 g/mol. The molecule has 4 rings (SSSR count). The van der Waals surface area contributed by atoms with E-state index >= 15 is 0 Å². The van der Waals surface area contributed by atoms with Gasteiger partial charge in [0.15, 0.2) is 0 Å². The van der Waals surface area contributed by atoms with Crippen LogP contribution in [0, 0.1) is 0 Å². The Bertz CT molecular complexity index is 959. The van der Waals surface area contributed by atoms with E-state index in [1.54, 1.807) is 41.6 Å². The Morgan fingerprint density at radius 2 is 2.08 bits per heavy atom. The Morgan fingerprint density at radius 1 is 1.19 bits per heavy atom. The van der Waals surface area contributed by atoms with E-state index in [0.29, 0.717) is 37.2 Å². The quantitative estimate of drug-likeness (QED) is 0.860. The fraction of sp³-hybridized carbons (Fsp3) is 0.333. The molecule has 0 radical (unpaired) electrons. The van der Waals surface area contributed by atoms with E-state index in [9.17, 15) is 13.2 Å². The van der Waals surface area contributed by atoms with E-state index in [-0.39, 0.29) is 17.3 Å². The Hall–Kier alpha value is -2.45. The van der Waals surface area contributed by atoms with Crippen molar-refractivity contribution in [3.05, 3.63) is 47.8 Å². The number of hydrogen-bond acceptors (Lipinski definition) is 5. The van der Waals surface area contributed by atoms with Crippen LogP contribution < -0.4 is 14.4 Å². The molecule has 0 aliphatic carbocycles. The molecule has 3 heterocycles. The number of nitrogens with one attached hydrogen (secondary N) is 1. The molecule has 2 aliphatic rings. The van der Waals surface area contributed by atoms with Gasteiger partial charge in [-0.15, -0.1) is 0 Å². The lowest BCUT2D eigenvalue weighted by Crippen LogP contribution is -2.25. The number of anilines is 1. The van der Waals surface area contributed by atoms with Crippen molar-refractivity contribution in [2.24, 2.45) is 0 Å². The van der Waals surface area contributed by atoms with Crippen LogP contribution in [0.15, 0.2) is 41.6 Å². The molecule has 0 saturated carbocycles. The maximum atomic E-state index is 12.6. The fourth-order valence-electron chi connectivity index (χ4n) is 3.23. The summed E-state index contributed by atoms with van der Waals surface area (Å²) in [5, 5.41) is 0. The number of carbonyl (C=O) groups excluding carboxylic acids is 1. The van der Waals surface area contributed by atoms with Crippen LogP contribution in [0.5, 0.6) is 5.75 Å². The number of sulfonamides is 1. The molecular weight excluding hydrogens is 354 g/mol. The van der Waals surface area contributed by atoms with Gasteiger partial charge in [-0.25, -0.2) is 13.1 Å². The van der Waals surface area contributed by atoms with Crippen molar-refractivity contribution in [1.29, 1.82) is 0 Å². The third kappa shape index (κ3) is 3.30. The van der Waals surface area contributed by atoms with Gasteiger partial charge in [0, 0.05) is 32.1 Å². The van der Waals surface area contributed by atoms with Crippen molar-refractivity contribution in [2.75, 3.05) is 18.1 Å². The SMILES string of the molecule is O=C1CCCN1c1cncc(CNS(=O)(=O)c2ccc3c(c2)CCO3)c1. The zero-order valence-electron chi connectivity index (χ0n) is 14.1. The molecule has 1 aromatic heterocycles. The molecular formula is C18H19N3O4S. The van der Waals surface area contributed by atoms with Crippen molar-refractivity contribution in [2.45, 2.75) is 30.7 Å². The summed E-state index contributed by atoms with van der Waals surface area (Å²) in [5.74, 6) is 0.820. The van der Waals surface area contributed by atoms with Gasteiger partial charge >= 0.3 is 0 Å². The van der Waals surface area contributed by atoms with Gasteiger partial charge in [0.1, 0.15) is 5.75 Å². The first-order valence-electron chi connectivity index (χ1n) is 8.53. The Labute approximate surface area is 152 Å². The zero-order valence-corrected chi connectivity index (χ0v) is 15.0. The molecule has 1 amide bonds. The number of carbonyl (C=O) groups is 1. The first-order chi connectivity index (χ1) is 12.5. The first kappa shape index (κ1) is 17.0. The summed E-state index contributed by atoms with van der Waals surface area (Å²) in [6.45, 7) is 1.37. The number of amides is 1. The van der Waals surface area contributed by atoms with E-state index in [0.717, 1.165) is 17.7 Å². The van der Waals surface area contributed by atoms with Crippen LogP contribution in [-0.2, 0) is 27.8 Å². The molecule has 136 valence electrons. The average Bonchev–Trinajstić information content (AvgIpc) is 3.28. The minimum atomic E-state index is -3.64. The minimum absolute atomic E-state index is 0.0740. The number of pyridine rings is 1. The number of ether oxygens (including phenoxy) is 1. The normalized spacial score (nSPS) is 16.6. The Morgan fingerprint density at radius 3 is 2.88 bits per heavy atom. The van der Waals surface area contributed by atoms with Gasteiger partial charge in [-0.2, -0.15) is 0 Å². The third-order valence-electron chi connectivity index (χ3n) is 4.60. The van der Waals surface area contributed by atoms with Gasteiger partial charge in [0.25, 0.3) is 0 Å². The number of nitrogens with zero attached hydrogens (tertiary/aromatic N) is 2. The zero-order chi connectivity index (χ0) is 18.1. The smallest absolute Gasteiger partial charge is 0.240 e. The molecule has 1 N–H and O–H groups in total. The lowest BCUT2D eigenvalue weighted by Gasteiger charge is -2.16. The van der Waals surface area contributed by atoms with Crippen LogP contribution in [0.1, 0.15) is 24.0 Å². The molecule has 0 bridgehead atoms. The highest BCUT2D eigenvalue weighted by atomic mass is 32.2. The predicted molar refractivity (Wildman–Crippen MR) is 95.5 cm³/mol. The number of fused-ring (bicyclic) bond motifs is 1. The number of benzene rings is 1. The van der Waals surface area contributed by atoms with Gasteiger partial charge in [-0.3, -0.25) is 9.78 Å². The van der Waals surface area contributed by atoms with Gasteiger partial charge < -0.3 is 9.64 Å². The van der Waals surface area contributed by atoms with Crippen molar-refractivity contribution in [1.82, 2.24) is 9.71 Å². The highest BCUT2D eigenvalue weighted by Gasteiger charge is 2.23. The molecule has 26 heavy (non-hydrogen) atoms. The van der Waals surface area contributed by atoms with E-state index in [1.165, 1.54) is 0 Å².